The van der Waals surface area contributed by atoms with Crippen molar-refractivity contribution in [1.29, 1.82) is 5.26 Å². The number of hydrogen-bond acceptors (Lipinski definition) is 4. The predicted molar refractivity (Wildman–Crippen MR) is 46.4 cm³/mol. The van der Waals surface area contributed by atoms with Crippen molar-refractivity contribution in [2.24, 2.45) is 0 Å². The SMILES string of the molecule is C=CCOC(=O)N(CC#N)CC(=O)O. The normalized spacial score (nSPS) is 8.50. The summed E-state index contributed by atoms with van der Waals surface area (Å²) in [6.07, 6.45) is 0.511. The Bertz CT molecular complexity index is 269. The van der Waals surface area contributed by atoms with Gasteiger partial charge in [-0.05, 0) is 0 Å². The second-order valence-electron chi connectivity index (χ2n) is 2.27. The van der Waals surface area contributed by atoms with Crippen LogP contribution in [0.5, 0.6) is 0 Å². The van der Waals surface area contributed by atoms with Crippen molar-refractivity contribution in [2.75, 3.05) is 19.7 Å². The molecule has 0 fully saturated rings. The van der Waals surface area contributed by atoms with Crippen LogP contribution in [0.1, 0.15) is 0 Å². The van der Waals surface area contributed by atoms with E-state index in [2.05, 4.69) is 11.3 Å². The van der Waals surface area contributed by atoms with Crippen LogP contribution >= 0.6 is 0 Å². The summed E-state index contributed by atoms with van der Waals surface area (Å²) in [7, 11) is 0. The number of amides is 1. The van der Waals surface area contributed by atoms with E-state index in [1.165, 1.54) is 6.08 Å². The summed E-state index contributed by atoms with van der Waals surface area (Å²) in [4.78, 5) is 22.1. The molecule has 0 rings (SSSR count). The third kappa shape index (κ3) is 4.77. The van der Waals surface area contributed by atoms with E-state index < -0.39 is 18.6 Å². The van der Waals surface area contributed by atoms with E-state index >= 15 is 0 Å². The third-order valence-electron chi connectivity index (χ3n) is 1.17. The highest BCUT2D eigenvalue weighted by atomic mass is 16.6. The first kappa shape index (κ1) is 12.0. The van der Waals surface area contributed by atoms with Crippen molar-refractivity contribution < 1.29 is 19.4 Å². The summed E-state index contributed by atoms with van der Waals surface area (Å²) >= 11 is 0. The van der Waals surface area contributed by atoms with Crippen LogP contribution in [0.2, 0.25) is 0 Å². The molecule has 0 aliphatic rings. The van der Waals surface area contributed by atoms with Gasteiger partial charge in [-0.3, -0.25) is 9.69 Å². The van der Waals surface area contributed by atoms with Gasteiger partial charge in [-0.1, -0.05) is 12.7 Å². The highest BCUT2D eigenvalue weighted by molar-refractivity contribution is 5.76. The number of carbonyl (C=O) groups excluding carboxylic acids is 1. The molecular formula is C8H10N2O4. The molecule has 0 aromatic heterocycles. The molecule has 14 heavy (non-hydrogen) atoms. The summed E-state index contributed by atoms with van der Waals surface area (Å²) in [5, 5.41) is 16.7. The van der Waals surface area contributed by atoms with Gasteiger partial charge in [0.2, 0.25) is 0 Å². The van der Waals surface area contributed by atoms with Crippen molar-refractivity contribution in [3.05, 3.63) is 12.7 Å². The van der Waals surface area contributed by atoms with Crippen LogP contribution in [0.15, 0.2) is 12.7 Å². The quantitative estimate of drug-likeness (QED) is 0.504. The molecule has 0 radical (unpaired) electrons. The summed E-state index contributed by atoms with van der Waals surface area (Å²) in [6.45, 7) is 2.44. The van der Waals surface area contributed by atoms with Crippen molar-refractivity contribution >= 4 is 12.1 Å². The van der Waals surface area contributed by atoms with Crippen LogP contribution in [-0.4, -0.2) is 41.8 Å². The van der Waals surface area contributed by atoms with Crippen LogP contribution in [0.25, 0.3) is 0 Å². The molecule has 0 aliphatic carbocycles. The Morgan fingerprint density at radius 1 is 1.64 bits per heavy atom. The van der Waals surface area contributed by atoms with E-state index in [1.54, 1.807) is 6.07 Å². The van der Waals surface area contributed by atoms with Crippen molar-refractivity contribution in [3.8, 4) is 6.07 Å². The minimum absolute atomic E-state index is 0.0135. The van der Waals surface area contributed by atoms with E-state index in [-0.39, 0.29) is 13.2 Å². The van der Waals surface area contributed by atoms with E-state index in [0.29, 0.717) is 0 Å². The van der Waals surface area contributed by atoms with Crippen molar-refractivity contribution in [2.45, 2.75) is 0 Å². The number of ether oxygens (including phenoxy) is 1. The van der Waals surface area contributed by atoms with Crippen molar-refractivity contribution in [1.82, 2.24) is 4.90 Å². The number of carboxylic acids is 1. The Kier molecular flexibility index (Phi) is 5.54. The Morgan fingerprint density at radius 2 is 2.29 bits per heavy atom. The summed E-state index contributed by atoms with van der Waals surface area (Å²) in [5.74, 6) is -1.20. The molecule has 0 aliphatic heterocycles. The lowest BCUT2D eigenvalue weighted by atomic mass is 10.5. The Labute approximate surface area is 81.0 Å². The minimum atomic E-state index is -1.20. The first-order valence-electron chi connectivity index (χ1n) is 3.73. The second-order valence-corrected chi connectivity index (χ2v) is 2.27. The maximum atomic E-state index is 11.1. The fourth-order valence-corrected chi connectivity index (χ4v) is 0.655. The average Bonchev–Trinajstić information content (AvgIpc) is 2.13. The number of rotatable bonds is 5. The molecule has 0 aromatic carbocycles. The first-order valence-corrected chi connectivity index (χ1v) is 3.73. The van der Waals surface area contributed by atoms with Gasteiger partial charge in [-0.2, -0.15) is 5.26 Å². The molecule has 1 amide bonds. The molecule has 0 unspecified atom stereocenters. The van der Waals surface area contributed by atoms with Crippen LogP contribution < -0.4 is 0 Å². The zero-order valence-electron chi connectivity index (χ0n) is 7.47. The van der Waals surface area contributed by atoms with Gasteiger partial charge in [0, 0.05) is 0 Å². The number of aliphatic carboxylic acids is 1. The highest BCUT2D eigenvalue weighted by Crippen LogP contribution is 1.93. The molecule has 76 valence electrons. The van der Waals surface area contributed by atoms with E-state index in [9.17, 15) is 9.59 Å². The second kappa shape index (κ2) is 6.48. The topological polar surface area (TPSA) is 90.6 Å². The molecule has 6 nitrogen and oxygen atoms in total. The molecule has 6 heteroatoms. The molecular weight excluding hydrogens is 188 g/mol. The summed E-state index contributed by atoms with van der Waals surface area (Å²) in [5.41, 5.74) is 0. The van der Waals surface area contributed by atoms with Gasteiger partial charge in [0.05, 0.1) is 6.07 Å². The maximum absolute atomic E-state index is 11.1. The molecule has 0 heterocycles. The predicted octanol–water partition coefficient (Wildman–Crippen LogP) is 0.219. The largest absolute Gasteiger partial charge is 0.480 e. The maximum Gasteiger partial charge on any atom is 0.411 e. The highest BCUT2D eigenvalue weighted by Gasteiger charge is 2.16. The zero-order valence-corrected chi connectivity index (χ0v) is 7.47. The Balaban J connectivity index is 4.18. The summed E-state index contributed by atoms with van der Waals surface area (Å²) < 4.78 is 4.56. The van der Waals surface area contributed by atoms with Gasteiger partial charge in [-0.25, -0.2) is 4.79 Å². The van der Waals surface area contributed by atoms with Crippen molar-refractivity contribution in [3.63, 3.8) is 0 Å². The van der Waals surface area contributed by atoms with Gasteiger partial charge in [0.15, 0.2) is 0 Å². The van der Waals surface area contributed by atoms with E-state index in [0.717, 1.165) is 4.90 Å². The zero-order chi connectivity index (χ0) is 11.0. The molecule has 0 bridgehead atoms. The fourth-order valence-electron chi connectivity index (χ4n) is 0.655. The number of nitrogens with zero attached hydrogens (tertiary/aromatic N) is 2. The minimum Gasteiger partial charge on any atom is -0.480 e. The van der Waals surface area contributed by atoms with Crippen LogP contribution in [0.4, 0.5) is 4.79 Å². The van der Waals surface area contributed by atoms with Crippen LogP contribution in [0.3, 0.4) is 0 Å². The number of carboxylic acid groups (broad SMARTS) is 1. The lowest BCUT2D eigenvalue weighted by Gasteiger charge is -2.15. The fraction of sp³-hybridized carbons (Fsp3) is 0.375. The molecule has 0 saturated heterocycles. The Hall–Kier alpha value is -2.03. The average molecular weight is 198 g/mol. The summed E-state index contributed by atoms with van der Waals surface area (Å²) in [6, 6.07) is 1.67. The molecule has 1 N–H and O–H groups in total. The smallest absolute Gasteiger partial charge is 0.411 e. The van der Waals surface area contributed by atoms with E-state index in [4.69, 9.17) is 10.4 Å². The van der Waals surface area contributed by atoms with Gasteiger partial charge in [0.25, 0.3) is 0 Å². The molecule has 0 saturated carbocycles. The van der Waals surface area contributed by atoms with Gasteiger partial charge in [-0.15, -0.1) is 0 Å². The molecule has 0 atom stereocenters. The first-order chi connectivity index (χ1) is 6.61. The number of hydrogen-bond donors (Lipinski definition) is 1. The van der Waals surface area contributed by atoms with Gasteiger partial charge >= 0.3 is 12.1 Å². The lowest BCUT2D eigenvalue weighted by molar-refractivity contribution is -0.137. The van der Waals surface area contributed by atoms with Gasteiger partial charge < -0.3 is 9.84 Å². The lowest BCUT2D eigenvalue weighted by Crippen LogP contribution is -2.36. The standard InChI is InChI=1S/C8H10N2O4/c1-2-5-14-8(13)10(4-3-9)6-7(11)12/h2H,1,4-6H2,(H,11,12). The van der Waals surface area contributed by atoms with Crippen LogP contribution in [-0.2, 0) is 9.53 Å². The molecule has 0 spiro atoms. The number of carbonyl (C=O) groups is 2. The molecule has 0 aromatic rings. The van der Waals surface area contributed by atoms with E-state index in [1.807, 2.05) is 0 Å². The third-order valence-corrected chi connectivity index (χ3v) is 1.17. The van der Waals surface area contributed by atoms with Gasteiger partial charge in [0.1, 0.15) is 19.7 Å². The van der Waals surface area contributed by atoms with Crippen LogP contribution in [0, 0.1) is 11.3 Å². The monoisotopic (exact) mass is 198 g/mol. The Morgan fingerprint density at radius 3 is 2.71 bits per heavy atom. The number of nitriles is 1.